The van der Waals surface area contributed by atoms with Crippen molar-refractivity contribution in [2.75, 3.05) is 19.1 Å². The number of rotatable bonds is 7. The summed E-state index contributed by atoms with van der Waals surface area (Å²) in [7, 11) is 1.60. The number of ether oxygens (including phenoxy) is 1. The van der Waals surface area contributed by atoms with Gasteiger partial charge in [-0.25, -0.2) is 0 Å². The van der Waals surface area contributed by atoms with Gasteiger partial charge in [-0.05, 0) is 54.8 Å². The third-order valence-electron chi connectivity index (χ3n) is 3.92. The first-order valence-electron chi connectivity index (χ1n) is 7.96. The van der Waals surface area contributed by atoms with Crippen molar-refractivity contribution in [3.8, 4) is 5.75 Å². The molecule has 1 aromatic carbocycles. The van der Waals surface area contributed by atoms with E-state index in [1.54, 1.807) is 43.1 Å². The van der Waals surface area contributed by atoms with Crippen molar-refractivity contribution in [2.24, 2.45) is 0 Å². The topological polar surface area (TPSA) is 68.5 Å². The first-order chi connectivity index (χ1) is 12.2. The second-order valence-electron chi connectivity index (χ2n) is 5.52. The van der Waals surface area contributed by atoms with Crippen LogP contribution in [0.15, 0.2) is 48.7 Å². The number of hydrogen-bond acceptors (Lipinski definition) is 5. The molecule has 0 aliphatic heterocycles. The number of nitrogens with one attached hydrogen (secondary N) is 1. The largest absolute Gasteiger partial charge is 0.497 e. The Bertz CT molecular complexity index is 848. The quantitative estimate of drug-likeness (QED) is 0.705. The summed E-state index contributed by atoms with van der Waals surface area (Å²) in [6.07, 6.45) is 4.74. The van der Waals surface area contributed by atoms with Crippen LogP contribution in [0.25, 0.3) is 5.65 Å². The molecule has 2 heterocycles. The number of benzene rings is 1. The number of aromatic nitrogens is 3. The number of carbonyl (C=O) groups excluding carboxylic acids is 1. The molecule has 3 rings (SSSR count). The van der Waals surface area contributed by atoms with Crippen molar-refractivity contribution in [1.29, 1.82) is 0 Å². The highest BCUT2D eigenvalue weighted by atomic mass is 32.2. The van der Waals surface area contributed by atoms with E-state index < -0.39 is 0 Å². The zero-order valence-electron chi connectivity index (χ0n) is 14.2. The highest BCUT2D eigenvalue weighted by Crippen LogP contribution is 2.19. The van der Waals surface area contributed by atoms with Crippen LogP contribution in [0, 0.1) is 0 Å². The van der Waals surface area contributed by atoms with Gasteiger partial charge in [-0.1, -0.05) is 6.07 Å². The summed E-state index contributed by atoms with van der Waals surface area (Å²) in [5.41, 5.74) is 1.36. The summed E-state index contributed by atoms with van der Waals surface area (Å²) >= 11 is 1.74. The molecule has 0 aliphatic rings. The number of pyridine rings is 1. The van der Waals surface area contributed by atoms with E-state index in [1.807, 2.05) is 35.1 Å². The van der Waals surface area contributed by atoms with Gasteiger partial charge in [0.25, 0.3) is 5.91 Å². The Morgan fingerprint density at radius 3 is 2.76 bits per heavy atom. The summed E-state index contributed by atoms with van der Waals surface area (Å²) in [4.78, 5) is 12.6. The summed E-state index contributed by atoms with van der Waals surface area (Å²) in [6, 6.07) is 12.6. The average Bonchev–Trinajstić information content (AvgIpc) is 3.09. The van der Waals surface area contributed by atoms with Crippen LogP contribution < -0.4 is 10.1 Å². The van der Waals surface area contributed by atoms with Gasteiger partial charge in [0.1, 0.15) is 5.75 Å². The van der Waals surface area contributed by atoms with Crippen molar-refractivity contribution in [2.45, 2.75) is 12.5 Å². The Kier molecular flexibility index (Phi) is 5.55. The SMILES string of the molecule is COc1ccc(C(=O)N[C@@H](CCSC)c2nnc3ccccn23)cc1. The molecule has 0 saturated carbocycles. The van der Waals surface area contributed by atoms with Gasteiger partial charge in [-0.3, -0.25) is 9.20 Å². The van der Waals surface area contributed by atoms with Gasteiger partial charge < -0.3 is 10.1 Å². The maximum absolute atomic E-state index is 12.6. The number of methoxy groups -OCH3 is 1. The molecule has 1 atom stereocenters. The molecule has 0 saturated heterocycles. The van der Waals surface area contributed by atoms with Crippen molar-refractivity contribution >= 4 is 23.3 Å². The van der Waals surface area contributed by atoms with E-state index in [2.05, 4.69) is 15.5 Å². The lowest BCUT2D eigenvalue weighted by atomic mass is 10.1. The minimum absolute atomic E-state index is 0.138. The number of carbonyl (C=O) groups is 1. The molecule has 0 bridgehead atoms. The van der Waals surface area contributed by atoms with Crippen molar-refractivity contribution < 1.29 is 9.53 Å². The fourth-order valence-corrected chi connectivity index (χ4v) is 3.05. The van der Waals surface area contributed by atoms with E-state index >= 15 is 0 Å². The molecule has 0 fully saturated rings. The Hall–Kier alpha value is -2.54. The molecule has 3 aromatic rings. The lowest BCUT2D eigenvalue weighted by molar-refractivity contribution is 0.0934. The van der Waals surface area contributed by atoms with Crippen LogP contribution in [-0.4, -0.2) is 39.6 Å². The van der Waals surface area contributed by atoms with E-state index in [1.165, 1.54) is 0 Å². The smallest absolute Gasteiger partial charge is 0.251 e. The zero-order chi connectivity index (χ0) is 17.6. The Morgan fingerprint density at radius 2 is 2.04 bits per heavy atom. The Balaban J connectivity index is 1.84. The lowest BCUT2D eigenvalue weighted by Crippen LogP contribution is -2.30. The van der Waals surface area contributed by atoms with Crippen molar-refractivity contribution in [3.05, 3.63) is 60.0 Å². The fraction of sp³-hybridized carbons (Fsp3) is 0.278. The molecule has 0 unspecified atom stereocenters. The molecule has 1 amide bonds. The van der Waals surface area contributed by atoms with Crippen LogP contribution in [0.5, 0.6) is 5.75 Å². The number of hydrogen-bond donors (Lipinski definition) is 1. The summed E-state index contributed by atoms with van der Waals surface area (Å²) in [6.45, 7) is 0. The van der Waals surface area contributed by atoms with Crippen LogP contribution in [0.2, 0.25) is 0 Å². The zero-order valence-corrected chi connectivity index (χ0v) is 15.0. The maximum Gasteiger partial charge on any atom is 0.251 e. The van der Waals surface area contributed by atoms with Crippen LogP contribution >= 0.6 is 11.8 Å². The van der Waals surface area contributed by atoms with Crippen LogP contribution in [-0.2, 0) is 0 Å². The van der Waals surface area contributed by atoms with Crippen LogP contribution in [0.4, 0.5) is 0 Å². The lowest BCUT2D eigenvalue weighted by Gasteiger charge is -2.17. The van der Waals surface area contributed by atoms with E-state index in [0.717, 1.165) is 29.4 Å². The first kappa shape index (κ1) is 17.3. The predicted molar refractivity (Wildman–Crippen MR) is 99.2 cm³/mol. The number of nitrogens with zero attached hydrogens (tertiary/aromatic N) is 3. The minimum atomic E-state index is -0.209. The van der Waals surface area contributed by atoms with Crippen LogP contribution in [0.1, 0.15) is 28.6 Å². The van der Waals surface area contributed by atoms with Gasteiger partial charge in [-0.15, -0.1) is 10.2 Å². The second-order valence-corrected chi connectivity index (χ2v) is 6.51. The Labute approximate surface area is 150 Å². The number of thioether (sulfide) groups is 1. The van der Waals surface area contributed by atoms with E-state index in [-0.39, 0.29) is 11.9 Å². The second kappa shape index (κ2) is 8.02. The van der Waals surface area contributed by atoms with E-state index in [4.69, 9.17) is 4.74 Å². The molecule has 0 aliphatic carbocycles. The highest BCUT2D eigenvalue weighted by molar-refractivity contribution is 7.98. The van der Waals surface area contributed by atoms with E-state index in [9.17, 15) is 4.79 Å². The molecule has 0 spiro atoms. The number of fused-ring (bicyclic) bond motifs is 1. The van der Waals surface area contributed by atoms with Gasteiger partial charge in [-0.2, -0.15) is 11.8 Å². The molecule has 130 valence electrons. The standard InChI is InChI=1S/C18H20N4O2S/c1-24-14-8-6-13(7-9-14)18(23)19-15(10-12-25-2)17-21-20-16-5-3-4-11-22(16)17/h3-9,11,15H,10,12H2,1-2H3,(H,19,23)/t15-/m0/s1. The molecule has 25 heavy (non-hydrogen) atoms. The van der Waals surface area contributed by atoms with Crippen molar-refractivity contribution in [1.82, 2.24) is 19.9 Å². The minimum Gasteiger partial charge on any atom is -0.497 e. The molecular formula is C18H20N4O2S. The van der Waals surface area contributed by atoms with E-state index in [0.29, 0.717) is 5.56 Å². The molecule has 2 aromatic heterocycles. The molecular weight excluding hydrogens is 336 g/mol. The third-order valence-corrected chi connectivity index (χ3v) is 4.56. The van der Waals surface area contributed by atoms with Gasteiger partial charge in [0, 0.05) is 11.8 Å². The molecule has 0 radical (unpaired) electrons. The van der Waals surface area contributed by atoms with Crippen LogP contribution in [0.3, 0.4) is 0 Å². The monoisotopic (exact) mass is 356 g/mol. The normalized spacial score (nSPS) is 12.1. The van der Waals surface area contributed by atoms with Crippen molar-refractivity contribution in [3.63, 3.8) is 0 Å². The summed E-state index contributed by atoms with van der Waals surface area (Å²) < 4.78 is 7.05. The average molecular weight is 356 g/mol. The van der Waals surface area contributed by atoms with Gasteiger partial charge in [0.05, 0.1) is 13.2 Å². The first-order valence-corrected chi connectivity index (χ1v) is 9.36. The molecule has 1 N–H and O–H groups in total. The fourth-order valence-electron chi connectivity index (χ4n) is 2.58. The number of amides is 1. The molecule has 6 nitrogen and oxygen atoms in total. The van der Waals surface area contributed by atoms with Gasteiger partial charge in [0.15, 0.2) is 11.5 Å². The molecule has 7 heteroatoms. The Morgan fingerprint density at radius 1 is 1.24 bits per heavy atom. The third kappa shape index (κ3) is 3.93. The predicted octanol–water partition coefficient (Wildman–Crippen LogP) is 2.96. The van der Waals surface area contributed by atoms with Gasteiger partial charge in [0.2, 0.25) is 0 Å². The van der Waals surface area contributed by atoms with Gasteiger partial charge >= 0.3 is 0 Å². The summed E-state index contributed by atoms with van der Waals surface area (Å²) in [5, 5.41) is 11.6. The highest BCUT2D eigenvalue weighted by Gasteiger charge is 2.20. The maximum atomic E-state index is 12.6. The summed E-state index contributed by atoms with van der Waals surface area (Å²) in [5.74, 6) is 2.24.